The number of nitrogens with zero attached hydrogens (tertiary/aromatic N) is 4. The molecule has 9 nitrogen and oxygen atoms in total. The Hall–Kier alpha value is -4.53. The second kappa shape index (κ2) is 10.9. The van der Waals surface area contributed by atoms with Crippen LogP contribution in [0.3, 0.4) is 0 Å². The van der Waals surface area contributed by atoms with Gasteiger partial charge < -0.3 is 15.4 Å². The summed E-state index contributed by atoms with van der Waals surface area (Å²) in [6, 6.07) is 23.4. The Morgan fingerprint density at radius 1 is 0.971 bits per heavy atom. The summed E-state index contributed by atoms with van der Waals surface area (Å²) in [5, 5.41) is 16.8. The van der Waals surface area contributed by atoms with Crippen LogP contribution >= 0.6 is 0 Å². The van der Waals surface area contributed by atoms with E-state index in [1.807, 2.05) is 79.7 Å². The minimum atomic E-state index is -0.829. The van der Waals surface area contributed by atoms with Gasteiger partial charge in [-0.1, -0.05) is 60.7 Å². The molecular formula is C25H24N6O3. The predicted octanol–water partition coefficient (Wildman–Crippen LogP) is 3.45. The first-order valence-electron chi connectivity index (χ1n) is 10.7. The fraction of sp³-hybridized carbons (Fsp3) is 0.160. The van der Waals surface area contributed by atoms with Gasteiger partial charge in [0.25, 0.3) is 0 Å². The van der Waals surface area contributed by atoms with Crippen molar-refractivity contribution >= 4 is 17.7 Å². The average molecular weight is 457 g/mol. The minimum Gasteiger partial charge on any atom is -0.445 e. The molecule has 2 N–H and O–H groups in total. The van der Waals surface area contributed by atoms with Crippen LogP contribution in [0.2, 0.25) is 0 Å². The van der Waals surface area contributed by atoms with E-state index in [0.717, 1.165) is 22.4 Å². The number of alkyl carbamates (subject to hydrolysis) is 1. The first-order chi connectivity index (χ1) is 16.6. The molecule has 0 aliphatic rings. The molecule has 2 amide bonds. The molecule has 1 aromatic heterocycles. The SMILES string of the molecule is Cc1cc(NC(=O)[C@H](Cc2ccccc2)NC(=O)OCc2ccccc2)ccc1-n1cnnn1. The third kappa shape index (κ3) is 6.04. The molecule has 0 spiro atoms. The second-order valence-electron chi connectivity index (χ2n) is 7.69. The van der Waals surface area contributed by atoms with Gasteiger partial charge in [0.15, 0.2) is 0 Å². The highest BCUT2D eigenvalue weighted by atomic mass is 16.5. The summed E-state index contributed by atoms with van der Waals surface area (Å²) in [4.78, 5) is 25.6. The molecule has 4 rings (SSSR count). The number of carbonyl (C=O) groups excluding carboxylic acids is 2. The number of aryl methyl sites for hydroxylation is 1. The van der Waals surface area contributed by atoms with Crippen LogP contribution in [-0.4, -0.2) is 38.2 Å². The molecule has 0 saturated carbocycles. The van der Waals surface area contributed by atoms with Crippen molar-refractivity contribution in [2.45, 2.75) is 26.0 Å². The van der Waals surface area contributed by atoms with Crippen LogP contribution in [-0.2, 0) is 22.6 Å². The zero-order valence-corrected chi connectivity index (χ0v) is 18.6. The number of hydrogen-bond donors (Lipinski definition) is 2. The smallest absolute Gasteiger partial charge is 0.408 e. The van der Waals surface area contributed by atoms with Crippen LogP contribution in [0, 0.1) is 6.92 Å². The van der Waals surface area contributed by atoms with Crippen molar-refractivity contribution < 1.29 is 14.3 Å². The zero-order valence-electron chi connectivity index (χ0n) is 18.6. The van der Waals surface area contributed by atoms with Crippen LogP contribution in [0.15, 0.2) is 85.2 Å². The summed E-state index contributed by atoms with van der Waals surface area (Å²) in [6.45, 7) is 2.01. The van der Waals surface area contributed by atoms with E-state index < -0.39 is 12.1 Å². The van der Waals surface area contributed by atoms with E-state index in [9.17, 15) is 9.59 Å². The molecule has 0 bridgehead atoms. The molecule has 1 atom stereocenters. The van der Waals surface area contributed by atoms with Crippen molar-refractivity contribution in [3.63, 3.8) is 0 Å². The van der Waals surface area contributed by atoms with Gasteiger partial charge >= 0.3 is 6.09 Å². The fourth-order valence-electron chi connectivity index (χ4n) is 3.46. The lowest BCUT2D eigenvalue weighted by atomic mass is 10.1. The fourth-order valence-corrected chi connectivity index (χ4v) is 3.46. The normalized spacial score (nSPS) is 11.4. The largest absolute Gasteiger partial charge is 0.445 e. The van der Waals surface area contributed by atoms with Crippen LogP contribution in [0.25, 0.3) is 5.69 Å². The Morgan fingerprint density at radius 2 is 1.68 bits per heavy atom. The summed E-state index contributed by atoms with van der Waals surface area (Å²) in [6.07, 6.45) is 1.15. The number of aromatic nitrogens is 4. The molecule has 1 heterocycles. The van der Waals surface area contributed by atoms with Crippen LogP contribution in [0.1, 0.15) is 16.7 Å². The number of carbonyl (C=O) groups is 2. The molecule has 0 saturated heterocycles. The molecular weight excluding hydrogens is 432 g/mol. The number of hydrogen-bond acceptors (Lipinski definition) is 6. The van der Waals surface area contributed by atoms with E-state index in [4.69, 9.17) is 4.74 Å². The minimum absolute atomic E-state index is 0.115. The molecule has 4 aromatic rings. The number of benzene rings is 3. The lowest BCUT2D eigenvalue weighted by Crippen LogP contribution is -2.45. The van der Waals surface area contributed by atoms with Crippen molar-refractivity contribution in [3.8, 4) is 5.69 Å². The van der Waals surface area contributed by atoms with Gasteiger partial charge in [-0.25, -0.2) is 9.48 Å². The van der Waals surface area contributed by atoms with E-state index in [0.29, 0.717) is 12.1 Å². The molecule has 0 unspecified atom stereocenters. The molecule has 0 radical (unpaired) electrons. The van der Waals surface area contributed by atoms with Gasteiger partial charge in [0.1, 0.15) is 19.0 Å². The van der Waals surface area contributed by atoms with Crippen LogP contribution in [0.5, 0.6) is 0 Å². The van der Waals surface area contributed by atoms with Crippen LogP contribution in [0.4, 0.5) is 10.5 Å². The highest BCUT2D eigenvalue weighted by Gasteiger charge is 2.22. The third-order valence-corrected chi connectivity index (χ3v) is 5.16. The Kier molecular flexibility index (Phi) is 7.24. The lowest BCUT2D eigenvalue weighted by molar-refractivity contribution is -0.118. The Bertz CT molecular complexity index is 1230. The van der Waals surface area contributed by atoms with Gasteiger partial charge in [-0.2, -0.15) is 0 Å². The molecule has 0 aliphatic heterocycles. The van der Waals surface area contributed by atoms with Gasteiger partial charge in [0.2, 0.25) is 5.91 Å². The zero-order chi connectivity index (χ0) is 23.8. The Morgan fingerprint density at radius 3 is 2.32 bits per heavy atom. The molecule has 34 heavy (non-hydrogen) atoms. The van der Waals surface area contributed by atoms with E-state index in [-0.39, 0.29) is 12.5 Å². The van der Waals surface area contributed by atoms with Crippen LogP contribution < -0.4 is 10.6 Å². The van der Waals surface area contributed by atoms with Crippen molar-refractivity contribution in [1.82, 2.24) is 25.5 Å². The quantitative estimate of drug-likeness (QED) is 0.420. The topological polar surface area (TPSA) is 111 Å². The Balaban J connectivity index is 1.45. The summed E-state index contributed by atoms with van der Waals surface area (Å²) in [7, 11) is 0. The highest BCUT2D eigenvalue weighted by molar-refractivity contribution is 5.97. The number of rotatable bonds is 8. The Labute approximate surface area is 196 Å². The molecule has 3 aromatic carbocycles. The molecule has 172 valence electrons. The highest BCUT2D eigenvalue weighted by Crippen LogP contribution is 2.18. The maximum atomic E-state index is 13.1. The summed E-state index contributed by atoms with van der Waals surface area (Å²) in [5.74, 6) is -0.352. The first kappa shape index (κ1) is 22.7. The van der Waals surface area contributed by atoms with Gasteiger partial charge in [-0.15, -0.1) is 5.10 Å². The third-order valence-electron chi connectivity index (χ3n) is 5.16. The maximum Gasteiger partial charge on any atom is 0.408 e. The van der Waals surface area contributed by atoms with Gasteiger partial charge in [-0.05, 0) is 52.2 Å². The van der Waals surface area contributed by atoms with Gasteiger partial charge in [0.05, 0.1) is 5.69 Å². The maximum absolute atomic E-state index is 13.1. The van der Waals surface area contributed by atoms with Crippen molar-refractivity contribution in [3.05, 3.63) is 102 Å². The summed E-state index contributed by atoms with van der Waals surface area (Å²) < 4.78 is 6.87. The lowest BCUT2D eigenvalue weighted by Gasteiger charge is -2.19. The van der Waals surface area contributed by atoms with Gasteiger partial charge in [-0.3, -0.25) is 4.79 Å². The molecule has 9 heteroatoms. The van der Waals surface area contributed by atoms with Crippen molar-refractivity contribution in [1.29, 1.82) is 0 Å². The average Bonchev–Trinajstić information content (AvgIpc) is 3.38. The van der Waals surface area contributed by atoms with Gasteiger partial charge in [0, 0.05) is 12.1 Å². The summed E-state index contributed by atoms with van der Waals surface area (Å²) in [5.41, 5.74) is 4.04. The first-order valence-corrected chi connectivity index (χ1v) is 10.7. The van der Waals surface area contributed by atoms with E-state index >= 15 is 0 Å². The number of anilines is 1. The van der Waals surface area contributed by atoms with E-state index in [1.165, 1.54) is 6.33 Å². The predicted molar refractivity (Wildman–Crippen MR) is 126 cm³/mol. The van der Waals surface area contributed by atoms with Crippen molar-refractivity contribution in [2.75, 3.05) is 5.32 Å². The number of nitrogens with one attached hydrogen (secondary N) is 2. The molecule has 0 aliphatic carbocycles. The summed E-state index contributed by atoms with van der Waals surface area (Å²) >= 11 is 0. The number of amides is 2. The molecule has 0 fully saturated rings. The van der Waals surface area contributed by atoms with E-state index in [1.54, 1.807) is 10.7 Å². The number of tetrazole rings is 1. The number of ether oxygens (including phenoxy) is 1. The second-order valence-corrected chi connectivity index (χ2v) is 7.69. The van der Waals surface area contributed by atoms with E-state index in [2.05, 4.69) is 26.2 Å². The van der Waals surface area contributed by atoms with Crippen molar-refractivity contribution in [2.24, 2.45) is 0 Å². The standard InChI is InChI=1S/C25H24N6O3/c1-18-14-21(12-13-23(18)31-17-26-29-30-31)27-24(32)22(15-19-8-4-2-5-9-19)28-25(33)34-16-20-10-6-3-7-11-20/h2-14,17,22H,15-16H2,1H3,(H,27,32)(H,28,33)/t22-/m0/s1. The monoisotopic (exact) mass is 456 g/mol.